The fourth-order valence-electron chi connectivity index (χ4n) is 4.09. The fraction of sp³-hybridized carbons (Fsp3) is 0.385. The molecule has 8 nitrogen and oxygen atoms in total. The second kappa shape index (κ2) is 9.87. The molecule has 1 atom stereocenters. The lowest BCUT2D eigenvalue weighted by atomic mass is 10.1. The van der Waals surface area contributed by atoms with Crippen molar-refractivity contribution in [1.29, 1.82) is 0 Å². The molecule has 0 spiro atoms. The van der Waals surface area contributed by atoms with E-state index in [1.54, 1.807) is 6.92 Å². The number of halogens is 3. The number of nitro benzene ring substituents is 1. The highest BCUT2D eigenvalue weighted by Gasteiger charge is 2.38. The number of non-ortho nitro benzene ring substituents is 1. The van der Waals surface area contributed by atoms with Gasteiger partial charge in [-0.05, 0) is 62.4 Å². The highest BCUT2D eigenvalue weighted by atomic mass is 19.4. The van der Waals surface area contributed by atoms with Crippen molar-refractivity contribution in [3.63, 3.8) is 0 Å². The van der Waals surface area contributed by atoms with Crippen LogP contribution in [0.4, 0.5) is 24.5 Å². The van der Waals surface area contributed by atoms with Crippen molar-refractivity contribution in [2.75, 3.05) is 5.32 Å². The second-order valence-electron chi connectivity index (χ2n) is 9.58. The molecule has 37 heavy (non-hydrogen) atoms. The number of aryl methyl sites for hydroxylation is 2. The van der Waals surface area contributed by atoms with Crippen LogP contribution >= 0.6 is 0 Å². The summed E-state index contributed by atoms with van der Waals surface area (Å²) in [6.07, 6.45) is -3.02. The van der Waals surface area contributed by atoms with Gasteiger partial charge in [0.1, 0.15) is 11.5 Å². The minimum atomic E-state index is -4.58. The van der Waals surface area contributed by atoms with E-state index in [-0.39, 0.29) is 29.6 Å². The summed E-state index contributed by atoms with van der Waals surface area (Å²) in [5.41, 5.74) is 2.18. The van der Waals surface area contributed by atoms with Gasteiger partial charge in [0.25, 0.3) is 5.69 Å². The minimum Gasteiger partial charge on any atom is -0.457 e. The van der Waals surface area contributed by atoms with E-state index in [1.807, 2.05) is 32.9 Å². The highest BCUT2D eigenvalue weighted by molar-refractivity contribution is 5.92. The summed E-state index contributed by atoms with van der Waals surface area (Å²) in [7, 11) is 0. The van der Waals surface area contributed by atoms with Crippen molar-refractivity contribution >= 4 is 17.3 Å². The molecule has 196 valence electrons. The standard InChI is InChI=1S/C26H27F3N4O4/c1-14-7-15(2)17(4)23(8-14)37-21-10-19(9-20(11-21)33(35)36)30-25(34)16(3)13-32-22(18-5-6-18)12-24(31-32)26(27,28)29/h7-12,16,18H,5-6,13H2,1-4H3,(H,30,34). The molecule has 0 saturated heterocycles. The molecule has 1 N–H and O–H groups in total. The molecule has 1 aromatic heterocycles. The molecule has 1 heterocycles. The molecule has 1 fully saturated rings. The normalized spacial score (nSPS) is 14.4. The monoisotopic (exact) mass is 516 g/mol. The number of hydrogen-bond donors (Lipinski definition) is 1. The molecule has 0 bridgehead atoms. The molecule has 1 unspecified atom stereocenters. The third-order valence-electron chi connectivity index (χ3n) is 6.35. The first kappa shape index (κ1) is 26.2. The van der Waals surface area contributed by atoms with E-state index in [0.717, 1.165) is 35.6 Å². The first-order valence-corrected chi connectivity index (χ1v) is 11.8. The van der Waals surface area contributed by atoms with Crippen molar-refractivity contribution in [1.82, 2.24) is 9.78 Å². The molecule has 2 aromatic carbocycles. The molecule has 3 aromatic rings. The number of carbonyl (C=O) groups is 1. The molecule has 1 aliphatic rings. The van der Waals surface area contributed by atoms with Crippen LogP contribution < -0.4 is 10.1 Å². The number of rotatable bonds is 8. The fourth-order valence-corrected chi connectivity index (χ4v) is 4.09. The Morgan fingerprint density at radius 1 is 1.19 bits per heavy atom. The number of hydrogen-bond acceptors (Lipinski definition) is 5. The van der Waals surface area contributed by atoms with Gasteiger partial charge in [0.05, 0.1) is 29.1 Å². The number of aromatic nitrogens is 2. The summed E-state index contributed by atoms with van der Waals surface area (Å²) in [6.45, 7) is 7.22. The summed E-state index contributed by atoms with van der Waals surface area (Å²) in [4.78, 5) is 23.9. The van der Waals surface area contributed by atoms with Gasteiger partial charge < -0.3 is 10.1 Å². The van der Waals surface area contributed by atoms with Crippen LogP contribution in [0.15, 0.2) is 36.4 Å². The molecular formula is C26H27F3N4O4. The maximum absolute atomic E-state index is 13.2. The van der Waals surface area contributed by atoms with Crippen LogP contribution in [0, 0.1) is 36.8 Å². The number of nitrogens with zero attached hydrogens (tertiary/aromatic N) is 3. The van der Waals surface area contributed by atoms with Crippen molar-refractivity contribution in [2.45, 2.75) is 59.2 Å². The summed E-state index contributed by atoms with van der Waals surface area (Å²) in [5, 5.41) is 17.8. The predicted octanol–water partition coefficient (Wildman–Crippen LogP) is 6.68. The number of ether oxygens (including phenoxy) is 1. The molecule has 4 rings (SSSR count). The predicted molar refractivity (Wildman–Crippen MR) is 131 cm³/mol. The van der Waals surface area contributed by atoms with Crippen LogP contribution in [0.5, 0.6) is 11.5 Å². The Labute approximate surface area is 211 Å². The van der Waals surface area contributed by atoms with Gasteiger partial charge in [-0.3, -0.25) is 19.6 Å². The van der Waals surface area contributed by atoms with E-state index < -0.39 is 28.6 Å². The quantitative estimate of drug-likeness (QED) is 0.266. The van der Waals surface area contributed by atoms with Gasteiger partial charge in [0, 0.05) is 23.7 Å². The average Bonchev–Trinajstić information content (AvgIpc) is 3.55. The van der Waals surface area contributed by atoms with Crippen LogP contribution in [0.1, 0.15) is 53.8 Å². The molecular weight excluding hydrogens is 489 g/mol. The number of nitro groups is 1. The number of amides is 1. The van der Waals surface area contributed by atoms with Gasteiger partial charge in [-0.25, -0.2) is 0 Å². The summed E-state index contributed by atoms with van der Waals surface area (Å²) < 4.78 is 46.8. The van der Waals surface area contributed by atoms with Crippen LogP contribution in [-0.4, -0.2) is 20.6 Å². The smallest absolute Gasteiger partial charge is 0.435 e. The lowest BCUT2D eigenvalue weighted by molar-refractivity contribution is -0.384. The van der Waals surface area contributed by atoms with Gasteiger partial charge in [0.15, 0.2) is 5.69 Å². The van der Waals surface area contributed by atoms with E-state index in [0.29, 0.717) is 11.4 Å². The number of benzene rings is 2. The zero-order valence-corrected chi connectivity index (χ0v) is 20.8. The Bertz CT molecular complexity index is 1360. The van der Waals surface area contributed by atoms with E-state index >= 15 is 0 Å². The zero-order valence-electron chi connectivity index (χ0n) is 20.8. The number of alkyl halides is 3. The Hall–Kier alpha value is -3.89. The Kier molecular flexibility index (Phi) is 6.98. The van der Waals surface area contributed by atoms with Crippen LogP contribution in [0.3, 0.4) is 0 Å². The molecule has 11 heteroatoms. The van der Waals surface area contributed by atoms with Crippen LogP contribution in [0.25, 0.3) is 0 Å². The third kappa shape index (κ3) is 6.10. The largest absolute Gasteiger partial charge is 0.457 e. The number of anilines is 1. The van der Waals surface area contributed by atoms with Gasteiger partial charge in [-0.15, -0.1) is 0 Å². The van der Waals surface area contributed by atoms with E-state index in [2.05, 4.69) is 10.4 Å². The Morgan fingerprint density at radius 3 is 2.51 bits per heavy atom. The van der Waals surface area contributed by atoms with Gasteiger partial charge in [-0.2, -0.15) is 18.3 Å². The number of carbonyl (C=O) groups excluding carboxylic acids is 1. The average molecular weight is 517 g/mol. The maximum Gasteiger partial charge on any atom is 0.435 e. The first-order chi connectivity index (χ1) is 17.3. The van der Waals surface area contributed by atoms with Crippen molar-refractivity contribution in [2.24, 2.45) is 5.92 Å². The van der Waals surface area contributed by atoms with E-state index in [9.17, 15) is 28.1 Å². The molecule has 0 radical (unpaired) electrons. The highest BCUT2D eigenvalue weighted by Crippen LogP contribution is 2.42. The molecule has 0 aliphatic heterocycles. The Balaban J connectivity index is 1.54. The first-order valence-electron chi connectivity index (χ1n) is 11.8. The molecule has 1 aliphatic carbocycles. The van der Waals surface area contributed by atoms with Crippen LogP contribution in [0.2, 0.25) is 0 Å². The molecule has 1 saturated carbocycles. The van der Waals surface area contributed by atoms with Crippen molar-refractivity contribution in [3.05, 3.63) is 74.6 Å². The SMILES string of the molecule is Cc1cc(C)c(C)c(Oc2cc(NC(=O)C(C)Cn3nc(C(F)(F)F)cc3C3CC3)cc([N+](=O)[O-])c2)c1. The zero-order chi connectivity index (χ0) is 27.1. The van der Waals surface area contributed by atoms with E-state index in [4.69, 9.17) is 4.74 Å². The topological polar surface area (TPSA) is 99.3 Å². The van der Waals surface area contributed by atoms with Crippen molar-refractivity contribution in [3.8, 4) is 11.5 Å². The summed E-state index contributed by atoms with van der Waals surface area (Å²) >= 11 is 0. The minimum absolute atomic E-state index is 0.00376. The number of nitrogens with one attached hydrogen (secondary N) is 1. The lowest BCUT2D eigenvalue weighted by Crippen LogP contribution is -2.25. The second-order valence-corrected chi connectivity index (χ2v) is 9.58. The molecule has 1 amide bonds. The van der Waals surface area contributed by atoms with Crippen molar-refractivity contribution < 1.29 is 27.6 Å². The van der Waals surface area contributed by atoms with Gasteiger partial charge in [-0.1, -0.05) is 13.0 Å². The van der Waals surface area contributed by atoms with Crippen LogP contribution in [-0.2, 0) is 17.5 Å². The summed E-state index contributed by atoms with van der Waals surface area (Å²) in [5.74, 6) is -0.564. The van der Waals surface area contributed by atoms with E-state index in [1.165, 1.54) is 22.9 Å². The maximum atomic E-state index is 13.2. The summed E-state index contributed by atoms with van der Waals surface area (Å²) in [6, 6.07) is 8.80. The Morgan fingerprint density at radius 2 is 1.89 bits per heavy atom. The lowest BCUT2D eigenvalue weighted by Gasteiger charge is -2.16. The third-order valence-corrected chi connectivity index (χ3v) is 6.35. The van der Waals surface area contributed by atoms with Gasteiger partial charge >= 0.3 is 6.18 Å². The van der Waals surface area contributed by atoms with Gasteiger partial charge in [0.2, 0.25) is 5.91 Å².